The van der Waals surface area contributed by atoms with Gasteiger partial charge in [0.2, 0.25) is 0 Å². The minimum Gasteiger partial charge on any atom is -0.492 e. The minimum atomic E-state index is -0.574. The van der Waals surface area contributed by atoms with Gasteiger partial charge in [0.15, 0.2) is 0 Å². The molecule has 0 spiro atoms. The lowest BCUT2D eigenvalue weighted by Gasteiger charge is -2.16. The van der Waals surface area contributed by atoms with Gasteiger partial charge >= 0.3 is 0 Å². The van der Waals surface area contributed by atoms with E-state index in [1.165, 1.54) is 0 Å². The smallest absolute Gasteiger partial charge is 0.274 e. The summed E-state index contributed by atoms with van der Waals surface area (Å²) >= 11 is 0. The normalized spacial score (nSPS) is 13.6. The zero-order valence-corrected chi connectivity index (χ0v) is 13.2. The first-order valence-corrected chi connectivity index (χ1v) is 7.70. The SMILES string of the molecule is CC(NC(=O)c1cccc2c1OCC2)c1ccc(C(=O)NO)cc1. The van der Waals surface area contributed by atoms with Crippen LogP contribution in [0.5, 0.6) is 5.75 Å². The molecule has 124 valence electrons. The Morgan fingerprint density at radius 1 is 1.12 bits per heavy atom. The number of hydrogen-bond acceptors (Lipinski definition) is 4. The second-order valence-electron chi connectivity index (χ2n) is 5.65. The zero-order chi connectivity index (χ0) is 17.1. The Morgan fingerprint density at radius 2 is 1.88 bits per heavy atom. The topological polar surface area (TPSA) is 87.7 Å². The minimum absolute atomic E-state index is 0.196. The number of hydrogen-bond donors (Lipinski definition) is 3. The number of amides is 2. The van der Waals surface area contributed by atoms with Crippen LogP contribution in [0.15, 0.2) is 42.5 Å². The summed E-state index contributed by atoms with van der Waals surface area (Å²) in [7, 11) is 0. The third-order valence-corrected chi connectivity index (χ3v) is 4.08. The summed E-state index contributed by atoms with van der Waals surface area (Å²) in [6, 6.07) is 12.0. The molecule has 0 aliphatic carbocycles. The standard InChI is InChI=1S/C18H18N2O4/c1-11(12-5-7-14(8-6-12)17(21)20-23)19-18(22)15-4-2-3-13-9-10-24-16(13)15/h2-8,11,23H,9-10H2,1H3,(H,19,22)(H,20,21). The Labute approximate surface area is 139 Å². The molecule has 3 N–H and O–H groups in total. The van der Waals surface area contributed by atoms with Crippen molar-refractivity contribution in [1.29, 1.82) is 0 Å². The van der Waals surface area contributed by atoms with Crippen molar-refractivity contribution in [2.24, 2.45) is 0 Å². The van der Waals surface area contributed by atoms with Crippen molar-refractivity contribution in [3.8, 4) is 5.75 Å². The highest BCUT2D eigenvalue weighted by Gasteiger charge is 2.21. The molecule has 24 heavy (non-hydrogen) atoms. The van der Waals surface area contributed by atoms with E-state index in [4.69, 9.17) is 9.94 Å². The molecule has 1 heterocycles. The average Bonchev–Trinajstić information content (AvgIpc) is 3.09. The van der Waals surface area contributed by atoms with Crippen molar-refractivity contribution in [1.82, 2.24) is 10.8 Å². The Bertz CT molecular complexity index is 771. The molecular formula is C18H18N2O4. The van der Waals surface area contributed by atoms with Gasteiger partial charge in [0.25, 0.3) is 11.8 Å². The van der Waals surface area contributed by atoms with Gasteiger partial charge in [-0.15, -0.1) is 0 Å². The number of rotatable bonds is 4. The molecule has 0 fully saturated rings. The van der Waals surface area contributed by atoms with Crippen LogP contribution in [0, 0.1) is 0 Å². The molecule has 0 bridgehead atoms. The largest absolute Gasteiger partial charge is 0.492 e. The Hall–Kier alpha value is -2.86. The maximum absolute atomic E-state index is 12.5. The molecule has 0 aromatic heterocycles. The number of ether oxygens (including phenoxy) is 1. The number of hydroxylamine groups is 1. The molecule has 1 atom stereocenters. The van der Waals surface area contributed by atoms with Crippen molar-refractivity contribution in [2.45, 2.75) is 19.4 Å². The number of carbonyl (C=O) groups excluding carboxylic acids is 2. The van der Waals surface area contributed by atoms with Crippen LogP contribution in [-0.4, -0.2) is 23.6 Å². The Morgan fingerprint density at radius 3 is 2.58 bits per heavy atom. The molecule has 0 radical (unpaired) electrons. The van der Waals surface area contributed by atoms with Gasteiger partial charge in [0, 0.05) is 12.0 Å². The van der Waals surface area contributed by atoms with E-state index < -0.39 is 5.91 Å². The van der Waals surface area contributed by atoms with Crippen LogP contribution in [-0.2, 0) is 6.42 Å². The maximum atomic E-state index is 12.5. The monoisotopic (exact) mass is 326 g/mol. The summed E-state index contributed by atoms with van der Waals surface area (Å²) in [5, 5.41) is 11.6. The van der Waals surface area contributed by atoms with Crippen molar-refractivity contribution in [3.63, 3.8) is 0 Å². The fourth-order valence-corrected chi connectivity index (χ4v) is 2.74. The lowest BCUT2D eigenvalue weighted by Crippen LogP contribution is -2.27. The predicted molar refractivity (Wildman–Crippen MR) is 87.2 cm³/mol. The van der Waals surface area contributed by atoms with Gasteiger partial charge in [-0.25, -0.2) is 5.48 Å². The summed E-state index contributed by atoms with van der Waals surface area (Å²) in [6.07, 6.45) is 0.820. The van der Waals surface area contributed by atoms with Crippen LogP contribution < -0.4 is 15.5 Å². The first kappa shape index (κ1) is 16.0. The number of benzene rings is 2. The van der Waals surface area contributed by atoms with E-state index in [9.17, 15) is 9.59 Å². The third-order valence-electron chi connectivity index (χ3n) is 4.08. The number of carbonyl (C=O) groups is 2. The van der Waals surface area contributed by atoms with E-state index in [0.717, 1.165) is 17.5 Å². The Balaban J connectivity index is 1.73. The van der Waals surface area contributed by atoms with Gasteiger partial charge < -0.3 is 10.1 Å². The van der Waals surface area contributed by atoms with Gasteiger partial charge in [0.05, 0.1) is 18.2 Å². The first-order valence-electron chi connectivity index (χ1n) is 7.70. The van der Waals surface area contributed by atoms with Crippen LogP contribution in [0.3, 0.4) is 0 Å². The van der Waals surface area contributed by atoms with Crippen molar-refractivity contribution in [3.05, 3.63) is 64.7 Å². The molecule has 3 rings (SSSR count). The summed E-state index contributed by atoms with van der Waals surface area (Å²) < 4.78 is 5.56. The molecule has 6 heteroatoms. The molecule has 1 unspecified atom stereocenters. The summed E-state index contributed by atoms with van der Waals surface area (Å²) in [6.45, 7) is 2.46. The van der Waals surface area contributed by atoms with E-state index in [1.807, 2.05) is 19.1 Å². The van der Waals surface area contributed by atoms with Gasteiger partial charge in [-0.1, -0.05) is 24.3 Å². The zero-order valence-electron chi connectivity index (χ0n) is 13.2. The van der Waals surface area contributed by atoms with Crippen LogP contribution in [0.4, 0.5) is 0 Å². The predicted octanol–water partition coefficient (Wildman–Crippen LogP) is 2.23. The van der Waals surface area contributed by atoms with Crippen LogP contribution >= 0.6 is 0 Å². The quantitative estimate of drug-likeness (QED) is 0.594. The highest BCUT2D eigenvalue weighted by molar-refractivity contribution is 5.97. The highest BCUT2D eigenvalue weighted by atomic mass is 16.5. The van der Waals surface area contributed by atoms with Crippen LogP contribution in [0.1, 0.15) is 44.8 Å². The summed E-state index contributed by atoms with van der Waals surface area (Å²) in [4.78, 5) is 23.8. The summed E-state index contributed by atoms with van der Waals surface area (Å²) in [5.74, 6) is -0.106. The lowest BCUT2D eigenvalue weighted by molar-refractivity contribution is 0.0706. The molecule has 2 amide bonds. The van der Waals surface area contributed by atoms with Gasteiger partial charge in [0.1, 0.15) is 5.75 Å². The van der Waals surface area contributed by atoms with Gasteiger partial charge in [-0.3, -0.25) is 14.8 Å². The number of fused-ring (bicyclic) bond motifs is 1. The fourth-order valence-electron chi connectivity index (χ4n) is 2.74. The second kappa shape index (κ2) is 6.72. The molecule has 2 aromatic rings. The maximum Gasteiger partial charge on any atom is 0.274 e. The average molecular weight is 326 g/mol. The van der Waals surface area contributed by atoms with Gasteiger partial charge in [-0.2, -0.15) is 0 Å². The third kappa shape index (κ3) is 3.09. The van der Waals surface area contributed by atoms with E-state index in [0.29, 0.717) is 23.5 Å². The second-order valence-corrected chi connectivity index (χ2v) is 5.65. The molecule has 2 aromatic carbocycles. The Kier molecular flexibility index (Phi) is 4.48. The number of nitrogens with one attached hydrogen (secondary N) is 2. The molecule has 0 saturated heterocycles. The fraction of sp³-hybridized carbons (Fsp3) is 0.222. The summed E-state index contributed by atoms with van der Waals surface area (Å²) in [5.41, 5.74) is 4.37. The molecule has 6 nitrogen and oxygen atoms in total. The van der Waals surface area contributed by atoms with Crippen LogP contribution in [0.25, 0.3) is 0 Å². The van der Waals surface area contributed by atoms with Gasteiger partial charge in [-0.05, 0) is 36.2 Å². The van der Waals surface area contributed by atoms with Crippen LogP contribution in [0.2, 0.25) is 0 Å². The number of para-hydroxylation sites is 1. The first-order chi connectivity index (χ1) is 11.6. The van der Waals surface area contributed by atoms with Crippen molar-refractivity contribution >= 4 is 11.8 Å². The van der Waals surface area contributed by atoms with E-state index in [1.54, 1.807) is 35.8 Å². The lowest BCUT2D eigenvalue weighted by atomic mass is 10.0. The van der Waals surface area contributed by atoms with Crippen molar-refractivity contribution in [2.75, 3.05) is 6.61 Å². The van der Waals surface area contributed by atoms with E-state index in [2.05, 4.69) is 5.32 Å². The van der Waals surface area contributed by atoms with E-state index in [-0.39, 0.29) is 11.9 Å². The molecular weight excluding hydrogens is 308 g/mol. The molecule has 1 aliphatic rings. The van der Waals surface area contributed by atoms with E-state index >= 15 is 0 Å². The highest BCUT2D eigenvalue weighted by Crippen LogP contribution is 2.29. The molecule has 0 saturated carbocycles. The van der Waals surface area contributed by atoms with Crippen molar-refractivity contribution < 1.29 is 19.5 Å². The molecule has 1 aliphatic heterocycles.